The summed E-state index contributed by atoms with van der Waals surface area (Å²) in [4.78, 5) is 0. The molecule has 0 heterocycles. The van der Waals surface area contributed by atoms with E-state index < -0.39 is 0 Å². The molecule has 0 bridgehead atoms. The van der Waals surface area contributed by atoms with Crippen LogP contribution in [0, 0.1) is 38.5 Å². The number of allylic oxidation sites excluding steroid dienone is 17. The summed E-state index contributed by atoms with van der Waals surface area (Å²) in [6.07, 6.45) is 26.2. The van der Waals surface area contributed by atoms with Gasteiger partial charge in [-0.15, -0.1) is 0 Å². The molecule has 9 rings (SSSR count). The van der Waals surface area contributed by atoms with Crippen molar-refractivity contribution in [3.05, 3.63) is 250 Å². The van der Waals surface area contributed by atoms with Crippen molar-refractivity contribution < 1.29 is 0 Å². The molecular formula is C68H72B2. The third-order valence-corrected chi connectivity index (χ3v) is 15.6. The Kier molecular flexibility index (Phi) is 15.9. The summed E-state index contributed by atoms with van der Waals surface area (Å²) in [6.45, 7) is 28.3. The van der Waals surface area contributed by atoms with Crippen LogP contribution in [-0.2, 0) is 0 Å². The van der Waals surface area contributed by atoms with Crippen LogP contribution in [0.1, 0.15) is 90.0 Å². The second kappa shape index (κ2) is 22.4. The molecule has 0 saturated heterocycles. The molecule has 2 heteroatoms. The molecule has 0 nitrogen and oxygen atoms in total. The van der Waals surface area contributed by atoms with E-state index in [2.05, 4.69) is 221 Å². The van der Waals surface area contributed by atoms with Crippen molar-refractivity contribution in [1.29, 1.82) is 0 Å². The summed E-state index contributed by atoms with van der Waals surface area (Å²) in [5.41, 5.74) is 24.0. The number of hydrogen-bond acceptors (Lipinski definition) is 0. The van der Waals surface area contributed by atoms with E-state index in [0.29, 0.717) is 17.8 Å². The fraction of sp³-hybridized carbons (Fsp3) is 0.235. The predicted molar refractivity (Wildman–Crippen MR) is 312 cm³/mol. The van der Waals surface area contributed by atoms with Crippen LogP contribution in [0.3, 0.4) is 0 Å². The molecule has 0 aromatic heterocycles. The van der Waals surface area contributed by atoms with E-state index in [-0.39, 0.29) is 13.4 Å². The molecule has 3 aliphatic rings. The summed E-state index contributed by atoms with van der Waals surface area (Å²) < 4.78 is 0. The van der Waals surface area contributed by atoms with Crippen molar-refractivity contribution in [3.63, 3.8) is 0 Å². The minimum atomic E-state index is 0.182. The number of rotatable bonds is 11. The zero-order valence-electron chi connectivity index (χ0n) is 43.6. The predicted octanol–water partition coefficient (Wildman–Crippen LogP) is 16.6. The van der Waals surface area contributed by atoms with Gasteiger partial charge in [0, 0.05) is 0 Å². The van der Waals surface area contributed by atoms with Gasteiger partial charge in [-0.3, -0.25) is 0 Å². The molecule has 6 aromatic rings. The number of fused-ring (bicyclic) bond motifs is 1. The summed E-state index contributed by atoms with van der Waals surface area (Å²) in [5, 5.41) is 2.49. The van der Waals surface area contributed by atoms with Crippen molar-refractivity contribution in [2.24, 2.45) is 17.8 Å². The SMILES string of the molecule is C=C(/C=C\C=C/C)c1c(-c2ccc(B(C3=CCCC=C3C)C3=C(C)C=CC(C)C3C)cc2)c(-c2ccc(B(C3=C(C)C=CCC3C)c3c(C)cccc3C)cc2)c(C)c2ccccc12.c1ccccc1. The van der Waals surface area contributed by atoms with Gasteiger partial charge in [0.05, 0.1) is 0 Å². The largest absolute Gasteiger partial charge is 0.238 e. The Bertz CT molecular complexity index is 3080. The monoisotopic (exact) mass is 911 g/mol. The van der Waals surface area contributed by atoms with Crippen molar-refractivity contribution in [2.45, 2.75) is 88.5 Å². The second-order valence-corrected chi connectivity index (χ2v) is 20.2. The maximum atomic E-state index is 4.79. The highest BCUT2D eigenvalue weighted by Gasteiger charge is 2.35. The van der Waals surface area contributed by atoms with E-state index in [9.17, 15) is 0 Å². The molecule has 70 heavy (non-hydrogen) atoms. The van der Waals surface area contributed by atoms with Crippen molar-refractivity contribution in [3.8, 4) is 22.3 Å². The molecule has 350 valence electrons. The number of benzene rings is 6. The maximum absolute atomic E-state index is 4.79. The molecule has 0 N–H and O–H groups in total. The van der Waals surface area contributed by atoms with E-state index in [1.807, 2.05) is 36.4 Å². The minimum absolute atomic E-state index is 0.182. The Hall–Kier alpha value is -6.63. The van der Waals surface area contributed by atoms with Gasteiger partial charge < -0.3 is 0 Å². The Labute approximate surface area is 422 Å². The Balaban J connectivity index is 0.00000102. The van der Waals surface area contributed by atoms with E-state index in [4.69, 9.17) is 6.58 Å². The Morgan fingerprint density at radius 1 is 0.586 bits per heavy atom. The maximum Gasteiger partial charge on any atom is 0.238 e. The van der Waals surface area contributed by atoms with E-state index in [1.165, 1.54) is 99.3 Å². The van der Waals surface area contributed by atoms with Gasteiger partial charge in [-0.25, -0.2) is 0 Å². The third-order valence-electron chi connectivity index (χ3n) is 15.6. The summed E-state index contributed by atoms with van der Waals surface area (Å²) >= 11 is 0. The molecule has 0 spiro atoms. The normalized spacial score (nSPS) is 18.0. The van der Waals surface area contributed by atoms with Gasteiger partial charge in [0.1, 0.15) is 0 Å². The molecule has 0 amide bonds. The molecule has 0 fully saturated rings. The van der Waals surface area contributed by atoms with Crippen molar-refractivity contribution >= 4 is 46.2 Å². The van der Waals surface area contributed by atoms with Crippen LogP contribution < -0.4 is 16.4 Å². The number of aryl methyl sites for hydroxylation is 3. The van der Waals surface area contributed by atoms with Gasteiger partial charge in [-0.05, 0) is 135 Å². The van der Waals surface area contributed by atoms with E-state index >= 15 is 0 Å². The van der Waals surface area contributed by atoms with Crippen LogP contribution in [0.15, 0.2) is 228 Å². The van der Waals surface area contributed by atoms with Crippen molar-refractivity contribution in [2.75, 3.05) is 0 Å². The van der Waals surface area contributed by atoms with Crippen LogP contribution >= 0.6 is 0 Å². The lowest BCUT2D eigenvalue weighted by atomic mass is 9.31. The zero-order valence-corrected chi connectivity index (χ0v) is 43.6. The topological polar surface area (TPSA) is 0 Å². The third kappa shape index (κ3) is 10.3. The van der Waals surface area contributed by atoms with Gasteiger partial charge in [0.25, 0.3) is 0 Å². The first-order valence-electron chi connectivity index (χ1n) is 25.8. The lowest BCUT2D eigenvalue weighted by molar-refractivity contribution is 0.536. The van der Waals surface area contributed by atoms with Crippen LogP contribution in [-0.4, -0.2) is 13.4 Å². The highest BCUT2D eigenvalue weighted by Crippen LogP contribution is 2.46. The number of hydrogen-bond donors (Lipinski definition) is 0. The molecule has 6 aromatic carbocycles. The first-order valence-corrected chi connectivity index (χ1v) is 25.8. The molecule has 3 aliphatic carbocycles. The van der Waals surface area contributed by atoms with Crippen LogP contribution in [0.5, 0.6) is 0 Å². The highest BCUT2D eigenvalue weighted by atomic mass is 14.3. The average Bonchev–Trinajstić information content (AvgIpc) is 3.37. The minimum Gasteiger partial charge on any atom is -0.0911 e. The van der Waals surface area contributed by atoms with E-state index in [1.54, 1.807) is 5.47 Å². The molecular weight excluding hydrogens is 838 g/mol. The first kappa shape index (κ1) is 49.8. The summed E-state index contributed by atoms with van der Waals surface area (Å²) in [7, 11) is 0. The summed E-state index contributed by atoms with van der Waals surface area (Å²) in [6, 6.07) is 47.1. The Morgan fingerprint density at radius 3 is 1.76 bits per heavy atom. The first-order chi connectivity index (χ1) is 33.9. The van der Waals surface area contributed by atoms with Crippen LogP contribution in [0.25, 0.3) is 38.6 Å². The van der Waals surface area contributed by atoms with Gasteiger partial charge in [0.15, 0.2) is 0 Å². The van der Waals surface area contributed by atoms with Gasteiger partial charge >= 0.3 is 0 Å². The molecule has 0 aliphatic heterocycles. The van der Waals surface area contributed by atoms with Gasteiger partial charge in [0.2, 0.25) is 13.4 Å². The smallest absolute Gasteiger partial charge is 0.0911 e. The zero-order chi connectivity index (χ0) is 49.5. The highest BCUT2D eigenvalue weighted by molar-refractivity contribution is 6.91. The fourth-order valence-corrected chi connectivity index (χ4v) is 11.8. The molecule has 0 saturated carbocycles. The average molecular weight is 911 g/mol. The Morgan fingerprint density at radius 2 is 1.16 bits per heavy atom. The second-order valence-electron chi connectivity index (χ2n) is 20.2. The van der Waals surface area contributed by atoms with Crippen LogP contribution in [0.4, 0.5) is 0 Å². The standard InChI is InChI=1S/C62H66B2.C6H6/c1-12-13-14-22-42(4)57-55-28-17-16-27-54(55)49(11)58(50-32-38-53(39-33-50)64(60-43(5)23-19-24-44(60)6)61-45(7)25-20-26-46(61)8)59(57)51-34-36-52(37-35-51)63(56-29-18-15-21-41(56)3)62-47(9)31-30-40(2)48(62)10;1-2-4-6-5-3-1/h12-14,16-17,19-25,27-40,46,48H,4,15,18,26H2,1-3,5-11H3;1-6H/b13-12-,22-14-;. The van der Waals surface area contributed by atoms with Crippen molar-refractivity contribution in [1.82, 2.24) is 0 Å². The quantitative estimate of drug-likeness (QED) is 0.0897. The molecule has 0 radical (unpaired) electrons. The lowest BCUT2D eigenvalue weighted by Crippen LogP contribution is -2.49. The van der Waals surface area contributed by atoms with Crippen LogP contribution in [0.2, 0.25) is 0 Å². The molecule has 3 unspecified atom stereocenters. The fourth-order valence-electron chi connectivity index (χ4n) is 11.8. The summed E-state index contributed by atoms with van der Waals surface area (Å²) in [5.74, 6) is 1.41. The van der Waals surface area contributed by atoms with E-state index in [0.717, 1.165) is 24.8 Å². The lowest BCUT2D eigenvalue weighted by Gasteiger charge is -2.33. The molecule has 3 atom stereocenters. The van der Waals surface area contributed by atoms with Gasteiger partial charge in [-0.1, -0.05) is 276 Å². The van der Waals surface area contributed by atoms with Gasteiger partial charge in [-0.2, -0.15) is 0 Å².